The van der Waals surface area contributed by atoms with Crippen molar-refractivity contribution in [2.24, 2.45) is 5.92 Å². The van der Waals surface area contributed by atoms with E-state index in [0.29, 0.717) is 26.2 Å². The van der Waals surface area contributed by atoms with E-state index in [2.05, 4.69) is 54.0 Å². The van der Waals surface area contributed by atoms with E-state index < -0.39 is 0 Å². The Labute approximate surface area is 182 Å². The molecular formula is C26H29N3O2. The van der Waals surface area contributed by atoms with E-state index in [9.17, 15) is 9.59 Å². The van der Waals surface area contributed by atoms with E-state index in [1.165, 1.54) is 28.2 Å². The fourth-order valence-corrected chi connectivity index (χ4v) is 4.85. The quantitative estimate of drug-likeness (QED) is 0.597. The first kappa shape index (κ1) is 19.9. The Bertz CT molecular complexity index is 1160. The average Bonchev–Trinajstić information content (AvgIpc) is 3.09. The fourth-order valence-electron chi connectivity index (χ4n) is 4.85. The third kappa shape index (κ3) is 3.62. The first-order chi connectivity index (χ1) is 15.2. The van der Waals surface area contributed by atoms with Gasteiger partial charge in [0, 0.05) is 66.5 Å². The molecule has 2 aliphatic rings. The fraction of sp³-hybridized carbons (Fsp3) is 0.385. The maximum Gasteiger partial charge on any atom is 0.246 e. The van der Waals surface area contributed by atoms with Crippen molar-refractivity contribution in [2.75, 3.05) is 26.2 Å². The van der Waals surface area contributed by atoms with E-state index in [1.807, 2.05) is 15.9 Å². The Balaban J connectivity index is 1.28. The molecule has 1 aromatic heterocycles. The van der Waals surface area contributed by atoms with Gasteiger partial charge in [-0.3, -0.25) is 9.59 Å². The van der Waals surface area contributed by atoms with E-state index in [-0.39, 0.29) is 17.7 Å². The standard InChI is InChI=1S/C26H29N3O2/c1-2-29-23-9-4-3-8-21(23)22-18-19(10-12-24(22)29)11-13-25(30)27-14-16-28(17-15-27)26(31)20-6-5-7-20/h3-4,8-13,18,20H,2,5-7,14-17H2,1H3/b13-11+. The minimum atomic E-state index is 0.0202. The number of aryl methyl sites for hydroxylation is 1. The van der Waals surface area contributed by atoms with Crippen molar-refractivity contribution < 1.29 is 9.59 Å². The molecule has 31 heavy (non-hydrogen) atoms. The maximum atomic E-state index is 12.7. The second-order valence-electron chi connectivity index (χ2n) is 8.65. The molecule has 1 aliphatic heterocycles. The van der Waals surface area contributed by atoms with Crippen molar-refractivity contribution in [3.8, 4) is 0 Å². The molecule has 0 spiro atoms. The zero-order chi connectivity index (χ0) is 21.4. The number of benzene rings is 2. The summed E-state index contributed by atoms with van der Waals surface area (Å²) in [6.07, 6.45) is 6.81. The molecule has 5 nitrogen and oxygen atoms in total. The summed E-state index contributed by atoms with van der Waals surface area (Å²) in [5.74, 6) is 0.538. The van der Waals surface area contributed by atoms with Crippen LogP contribution in [0, 0.1) is 5.92 Å². The highest BCUT2D eigenvalue weighted by Crippen LogP contribution is 2.30. The Morgan fingerprint density at radius 1 is 0.935 bits per heavy atom. The molecule has 2 fully saturated rings. The second-order valence-corrected chi connectivity index (χ2v) is 8.65. The van der Waals surface area contributed by atoms with Crippen molar-refractivity contribution in [1.29, 1.82) is 0 Å². The van der Waals surface area contributed by atoms with Gasteiger partial charge >= 0.3 is 0 Å². The highest BCUT2D eigenvalue weighted by atomic mass is 16.2. The van der Waals surface area contributed by atoms with Gasteiger partial charge in [-0.15, -0.1) is 0 Å². The normalized spacial score (nSPS) is 17.6. The number of carbonyl (C=O) groups excluding carboxylic acids is 2. The zero-order valence-electron chi connectivity index (χ0n) is 18.1. The molecular weight excluding hydrogens is 386 g/mol. The molecule has 0 N–H and O–H groups in total. The van der Waals surface area contributed by atoms with E-state index >= 15 is 0 Å². The predicted octanol–water partition coefficient (Wildman–Crippen LogP) is 4.30. The van der Waals surface area contributed by atoms with Crippen LogP contribution in [0.5, 0.6) is 0 Å². The number of amides is 2. The second kappa shape index (κ2) is 8.22. The summed E-state index contributed by atoms with van der Waals surface area (Å²) in [5.41, 5.74) is 3.49. The van der Waals surface area contributed by atoms with E-state index in [1.54, 1.807) is 6.08 Å². The van der Waals surface area contributed by atoms with Crippen LogP contribution in [0.1, 0.15) is 31.7 Å². The lowest BCUT2D eigenvalue weighted by atomic mass is 9.84. The molecule has 3 aromatic rings. The Morgan fingerprint density at radius 2 is 1.65 bits per heavy atom. The van der Waals surface area contributed by atoms with Gasteiger partial charge < -0.3 is 14.4 Å². The molecule has 0 radical (unpaired) electrons. The summed E-state index contributed by atoms with van der Waals surface area (Å²) in [6, 6.07) is 14.9. The molecule has 5 heteroatoms. The lowest BCUT2D eigenvalue weighted by molar-refractivity contribution is -0.142. The summed E-state index contributed by atoms with van der Waals surface area (Å²) in [4.78, 5) is 28.9. The predicted molar refractivity (Wildman–Crippen MR) is 125 cm³/mol. The molecule has 5 rings (SSSR count). The van der Waals surface area contributed by atoms with Gasteiger partial charge in [-0.2, -0.15) is 0 Å². The molecule has 2 heterocycles. The summed E-state index contributed by atoms with van der Waals surface area (Å²) >= 11 is 0. The number of para-hydroxylation sites is 1. The molecule has 0 unspecified atom stereocenters. The van der Waals surface area contributed by atoms with Crippen LogP contribution in [0.15, 0.2) is 48.5 Å². The molecule has 0 atom stereocenters. The third-order valence-corrected chi connectivity index (χ3v) is 6.89. The third-order valence-electron chi connectivity index (χ3n) is 6.89. The first-order valence-electron chi connectivity index (χ1n) is 11.4. The minimum absolute atomic E-state index is 0.0202. The number of fused-ring (bicyclic) bond motifs is 3. The SMILES string of the molecule is CCn1c2ccccc2c2cc(/C=C/C(=O)N3CCN(C(=O)C4CCC4)CC3)ccc21. The van der Waals surface area contributed by atoms with Gasteiger partial charge in [0.25, 0.3) is 0 Å². The molecule has 160 valence electrons. The Kier molecular flexibility index (Phi) is 5.26. The van der Waals surface area contributed by atoms with Crippen molar-refractivity contribution >= 4 is 39.7 Å². The van der Waals surface area contributed by atoms with Crippen LogP contribution in [-0.2, 0) is 16.1 Å². The lowest BCUT2D eigenvalue weighted by Crippen LogP contribution is -2.52. The van der Waals surface area contributed by atoms with Gasteiger partial charge in [-0.1, -0.05) is 30.7 Å². The smallest absolute Gasteiger partial charge is 0.246 e. The Morgan fingerprint density at radius 3 is 2.35 bits per heavy atom. The zero-order valence-corrected chi connectivity index (χ0v) is 18.1. The summed E-state index contributed by atoms with van der Waals surface area (Å²) < 4.78 is 2.33. The number of carbonyl (C=O) groups is 2. The molecule has 2 amide bonds. The highest BCUT2D eigenvalue weighted by molar-refractivity contribution is 6.08. The van der Waals surface area contributed by atoms with Crippen molar-refractivity contribution in [1.82, 2.24) is 14.4 Å². The highest BCUT2D eigenvalue weighted by Gasteiger charge is 2.31. The van der Waals surface area contributed by atoms with Crippen molar-refractivity contribution in [3.63, 3.8) is 0 Å². The van der Waals surface area contributed by atoms with Crippen LogP contribution in [0.3, 0.4) is 0 Å². The number of nitrogens with zero attached hydrogens (tertiary/aromatic N) is 3. The number of rotatable bonds is 4. The number of hydrogen-bond donors (Lipinski definition) is 0. The van der Waals surface area contributed by atoms with Crippen LogP contribution < -0.4 is 0 Å². The van der Waals surface area contributed by atoms with Crippen molar-refractivity contribution in [2.45, 2.75) is 32.7 Å². The number of piperazine rings is 1. The average molecular weight is 416 g/mol. The summed E-state index contributed by atoms with van der Waals surface area (Å²) in [6.45, 7) is 5.62. The first-order valence-corrected chi connectivity index (χ1v) is 11.4. The molecule has 1 aliphatic carbocycles. The lowest BCUT2D eigenvalue weighted by Gasteiger charge is -2.37. The van der Waals surface area contributed by atoms with Gasteiger partial charge in [0.05, 0.1) is 0 Å². The van der Waals surface area contributed by atoms with Crippen LogP contribution in [0.25, 0.3) is 27.9 Å². The van der Waals surface area contributed by atoms with Crippen LogP contribution in [0.2, 0.25) is 0 Å². The van der Waals surface area contributed by atoms with Crippen LogP contribution >= 0.6 is 0 Å². The number of hydrogen-bond acceptors (Lipinski definition) is 2. The van der Waals surface area contributed by atoms with Gasteiger partial charge in [0.1, 0.15) is 0 Å². The monoisotopic (exact) mass is 415 g/mol. The maximum absolute atomic E-state index is 12.7. The van der Waals surface area contributed by atoms with Gasteiger partial charge in [0.2, 0.25) is 11.8 Å². The molecule has 0 bridgehead atoms. The van der Waals surface area contributed by atoms with Gasteiger partial charge in [-0.25, -0.2) is 0 Å². The Hall–Kier alpha value is -3.08. The minimum Gasteiger partial charge on any atom is -0.341 e. The summed E-state index contributed by atoms with van der Waals surface area (Å²) in [5, 5.41) is 2.46. The topological polar surface area (TPSA) is 45.6 Å². The van der Waals surface area contributed by atoms with Crippen molar-refractivity contribution in [3.05, 3.63) is 54.1 Å². The summed E-state index contributed by atoms with van der Waals surface area (Å²) in [7, 11) is 0. The number of aromatic nitrogens is 1. The van der Waals surface area contributed by atoms with Crippen LogP contribution in [0.4, 0.5) is 0 Å². The molecule has 1 saturated heterocycles. The van der Waals surface area contributed by atoms with Gasteiger partial charge in [0.15, 0.2) is 0 Å². The molecule has 1 saturated carbocycles. The molecule has 2 aromatic carbocycles. The van der Waals surface area contributed by atoms with Crippen LogP contribution in [-0.4, -0.2) is 52.4 Å². The largest absolute Gasteiger partial charge is 0.341 e. The van der Waals surface area contributed by atoms with E-state index in [0.717, 1.165) is 24.9 Å². The van der Waals surface area contributed by atoms with E-state index in [4.69, 9.17) is 0 Å². The van der Waals surface area contributed by atoms with Gasteiger partial charge in [-0.05, 0) is 49.6 Å².